The zero-order valence-corrected chi connectivity index (χ0v) is 26.6. The van der Waals surface area contributed by atoms with Gasteiger partial charge in [0.05, 0.1) is 13.2 Å². The first-order valence-electron chi connectivity index (χ1n) is 15.5. The van der Waals surface area contributed by atoms with Gasteiger partial charge in [-0.3, -0.25) is 0 Å². The quantitative estimate of drug-likeness (QED) is 0.0434. The summed E-state index contributed by atoms with van der Waals surface area (Å²) in [5.74, 6) is -1.15. The summed E-state index contributed by atoms with van der Waals surface area (Å²) in [5, 5.41) is 10.6. The summed E-state index contributed by atoms with van der Waals surface area (Å²) in [6.07, 6.45) is 7.52. The Balaban J connectivity index is 3.42. The van der Waals surface area contributed by atoms with E-state index in [1.165, 1.54) is 0 Å². The molecule has 16 heteroatoms. The van der Waals surface area contributed by atoms with Crippen molar-refractivity contribution in [2.24, 2.45) is 0 Å². The molecule has 4 N–H and O–H groups in total. The van der Waals surface area contributed by atoms with Gasteiger partial charge >= 0.3 is 36.3 Å². The summed E-state index contributed by atoms with van der Waals surface area (Å²) in [5.41, 5.74) is 0. The highest BCUT2D eigenvalue weighted by molar-refractivity contribution is 5.81. The molecule has 16 nitrogen and oxygen atoms in total. The molecule has 0 rings (SSSR count). The zero-order chi connectivity index (χ0) is 34.1. The molecule has 0 aliphatic heterocycles. The number of hydrogen-bond donors (Lipinski definition) is 4. The number of nitrogens with one attached hydrogen (secondary N) is 4. The molecule has 0 spiro atoms. The summed E-state index contributed by atoms with van der Waals surface area (Å²) >= 11 is 0. The van der Waals surface area contributed by atoms with Crippen LogP contribution in [0.3, 0.4) is 0 Å². The van der Waals surface area contributed by atoms with Gasteiger partial charge in [0.25, 0.3) is 0 Å². The number of esters is 2. The van der Waals surface area contributed by atoms with Crippen LogP contribution < -0.4 is 21.3 Å². The van der Waals surface area contributed by atoms with Crippen molar-refractivity contribution < 1.29 is 57.2 Å². The number of hydrogen-bond acceptors (Lipinski definition) is 12. The van der Waals surface area contributed by atoms with Crippen LogP contribution in [0.1, 0.15) is 64.2 Å². The Hall–Kier alpha value is -4.50. The van der Waals surface area contributed by atoms with E-state index in [-0.39, 0.29) is 39.6 Å². The molecule has 0 aromatic heterocycles. The van der Waals surface area contributed by atoms with Gasteiger partial charge < -0.3 is 49.7 Å². The number of ether oxygens (including phenoxy) is 6. The maximum absolute atomic E-state index is 11.7. The van der Waals surface area contributed by atoms with Crippen molar-refractivity contribution in [2.45, 2.75) is 64.2 Å². The third-order valence-corrected chi connectivity index (χ3v) is 5.74. The van der Waals surface area contributed by atoms with Crippen molar-refractivity contribution in [3.05, 3.63) is 25.3 Å². The topological polar surface area (TPSA) is 206 Å². The third-order valence-electron chi connectivity index (χ3n) is 5.74. The van der Waals surface area contributed by atoms with Crippen molar-refractivity contribution >= 4 is 36.3 Å². The highest BCUT2D eigenvalue weighted by atomic mass is 16.6. The molecule has 46 heavy (non-hydrogen) atoms. The number of carbonyl (C=O) groups excluding carboxylic acids is 6. The second-order valence-electron chi connectivity index (χ2n) is 9.53. The van der Waals surface area contributed by atoms with Gasteiger partial charge in [-0.15, -0.1) is 0 Å². The van der Waals surface area contributed by atoms with E-state index >= 15 is 0 Å². The minimum Gasteiger partial charge on any atom is -0.459 e. The molecule has 0 aliphatic carbocycles. The van der Waals surface area contributed by atoms with Crippen LogP contribution in [0.25, 0.3) is 0 Å². The first kappa shape index (κ1) is 41.5. The largest absolute Gasteiger partial charge is 0.459 e. The molecule has 262 valence electrons. The van der Waals surface area contributed by atoms with Crippen molar-refractivity contribution in [2.75, 3.05) is 65.8 Å². The smallest absolute Gasteiger partial charge is 0.407 e. The molecule has 0 radical (unpaired) electrons. The molecule has 0 saturated heterocycles. The lowest BCUT2D eigenvalue weighted by Crippen LogP contribution is -2.27. The first-order valence-corrected chi connectivity index (χ1v) is 15.5. The molecule has 0 aromatic carbocycles. The zero-order valence-electron chi connectivity index (χ0n) is 26.6. The molecule has 0 aliphatic rings. The van der Waals surface area contributed by atoms with Crippen LogP contribution >= 0.6 is 0 Å². The van der Waals surface area contributed by atoms with Gasteiger partial charge in [0, 0.05) is 38.3 Å². The summed E-state index contributed by atoms with van der Waals surface area (Å²) in [6, 6.07) is 0. The average Bonchev–Trinajstić information content (AvgIpc) is 3.05. The Morgan fingerprint density at radius 2 is 0.630 bits per heavy atom. The van der Waals surface area contributed by atoms with Gasteiger partial charge in [0.1, 0.15) is 26.4 Å². The van der Waals surface area contributed by atoms with Crippen molar-refractivity contribution in [3.63, 3.8) is 0 Å². The lowest BCUT2D eigenvalue weighted by atomic mass is 10.2. The summed E-state index contributed by atoms with van der Waals surface area (Å²) in [4.78, 5) is 68.1. The van der Waals surface area contributed by atoms with E-state index in [1.807, 2.05) is 0 Å². The maximum atomic E-state index is 11.7. The third kappa shape index (κ3) is 29.6. The van der Waals surface area contributed by atoms with Crippen LogP contribution in [0.15, 0.2) is 25.3 Å². The van der Waals surface area contributed by atoms with Crippen molar-refractivity contribution in [1.29, 1.82) is 0 Å². The van der Waals surface area contributed by atoms with E-state index in [4.69, 9.17) is 18.9 Å². The molecule has 0 atom stereocenters. The van der Waals surface area contributed by atoms with Crippen LogP contribution in [-0.4, -0.2) is 102 Å². The first-order chi connectivity index (χ1) is 22.3. The van der Waals surface area contributed by atoms with Gasteiger partial charge in [-0.25, -0.2) is 28.8 Å². The van der Waals surface area contributed by atoms with E-state index in [0.717, 1.165) is 63.5 Å². The van der Waals surface area contributed by atoms with Crippen molar-refractivity contribution in [1.82, 2.24) is 21.3 Å². The van der Waals surface area contributed by atoms with Gasteiger partial charge in [-0.1, -0.05) is 38.8 Å². The predicted octanol–water partition coefficient (Wildman–Crippen LogP) is 3.25. The SMILES string of the molecule is C=CC(=O)OCCOC(=O)NCCCCCCNC(=O)OCCCCOC(=O)NCCCCCCNC(=O)OCCOC(=O)C=C. The highest BCUT2D eigenvalue weighted by Crippen LogP contribution is 2.00. The Morgan fingerprint density at radius 3 is 0.913 bits per heavy atom. The molecule has 0 bridgehead atoms. The molecule has 0 aromatic rings. The molecule has 0 fully saturated rings. The maximum Gasteiger partial charge on any atom is 0.407 e. The van der Waals surface area contributed by atoms with E-state index in [1.54, 1.807) is 0 Å². The summed E-state index contributed by atoms with van der Waals surface area (Å²) < 4.78 is 29.3. The van der Waals surface area contributed by atoms with Crippen molar-refractivity contribution in [3.8, 4) is 0 Å². The molecule has 0 heterocycles. The molecular formula is C30H50N4O12. The number of rotatable bonds is 27. The van der Waals surface area contributed by atoms with E-state index in [2.05, 4.69) is 43.9 Å². The second-order valence-corrected chi connectivity index (χ2v) is 9.53. The minimum atomic E-state index is -0.577. The lowest BCUT2D eigenvalue weighted by molar-refractivity contribution is -0.139. The number of amides is 4. The van der Waals surface area contributed by atoms with Crippen LogP contribution in [-0.2, 0) is 38.0 Å². The number of alkyl carbamates (subject to hydrolysis) is 4. The highest BCUT2D eigenvalue weighted by Gasteiger charge is 2.05. The number of unbranched alkanes of at least 4 members (excludes halogenated alkanes) is 7. The molecule has 4 amide bonds. The van der Waals surface area contributed by atoms with Gasteiger partial charge in [0.2, 0.25) is 0 Å². The van der Waals surface area contributed by atoms with Crippen LogP contribution in [0, 0.1) is 0 Å². The molecule has 0 unspecified atom stereocenters. The fourth-order valence-corrected chi connectivity index (χ4v) is 3.38. The molecular weight excluding hydrogens is 608 g/mol. The predicted molar refractivity (Wildman–Crippen MR) is 166 cm³/mol. The van der Waals surface area contributed by atoms with Crippen LogP contribution in [0.4, 0.5) is 19.2 Å². The summed E-state index contributed by atoms with van der Waals surface area (Å²) in [6.45, 7) is 8.68. The monoisotopic (exact) mass is 658 g/mol. The van der Waals surface area contributed by atoms with Gasteiger partial charge in [-0.2, -0.15) is 0 Å². The van der Waals surface area contributed by atoms with Gasteiger partial charge in [-0.05, 0) is 38.5 Å². The van der Waals surface area contributed by atoms with Crippen LogP contribution in [0.2, 0.25) is 0 Å². The Morgan fingerprint density at radius 1 is 0.370 bits per heavy atom. The summed E-state index contributed by atoms with van der Waals surface area (Å²) in [7, 11) is 0. The Bertz CT molecular complexity index is 844. The van der Waals surface area contributed by atoms with E-state index in [9.17, 15) is 28.8 Å². The van der Waals surface area contributed by atoms with Gasteiger partial charge in [0.15, 0.2) is 0 Å². The Kier molecular flexibility index (Phi) is 27.5. The number of carbonyl (C=O) groups is 6. The average molecular weight is 659 g/mol. The van der Waals surface area contributed by atoms with Crippen LogP contribution in [0.5, 0.6) is 0 Å². The standard InChI is InChI=1S/C30H50N4O12/c1-3-25(35)41-21-23-45-29(39)33-17-11-7-5-9-15-31-27(37)43-19-13-14-20-44-28(38)32-16-10-6-8-12-18-34-30(40)46-24-22-42-26(36)4-2/h3-4H,1-2,5-24H2,(H,31,37)(H,32,38)(H,33,39)(H,34,40). The second kappa shape index (κ2) is 30.5. The molecule has 0 saturated carbocycles. The van der Waals surface area contributed by atoms with E-state index < -0.39 is 36.3 Å². The Labute approximate surface area is 270 Å². The normalized spacial score (nSPS) is 10.0. The fraction of sp³-hybridized carbons (Fsp3) is 0.667. The lowest BCUT2D eigenvalue weighted by Gasteiger charge is -2.09. The fourth-order valence-electron chi connectivity index (χ4n) is 3.38. The minimum absolute atomic E-state index is 0.0309. The van der Waals surface area contributed by atoms with E-state index in [0.29, 0.717) is 39.0 Å².